The van der Waals surface area contributed by atoms with Crippen LogP contribution in [-0.4, -0.2) is 36.7 Å². The number of benzene rings is 2. The second-order valence-corrected chi connectivity index (χ2v) is 8.13. The molecule has 0 saturated carbocycles. The molecular formula is C23H20N6O2S. The molecule has 5 aromatic rings. The zero-order valence-electron chi connectivity index (χ0n) is 17.8. The average molecular weight is 445 g/mol. The van der Waals surface area contributed by atoms with Gasteiger partial charge in [0.1, 0.15) is 5.52 Å². The van der Waals surface area contributed by atoms with E-state index in [4.69, 9.17) is 4.42 Å². The van der Waals surface area contributed by atoms with Crippen LogP contribution in [0.5, 0.6) is 0 Å². The fourth-order valence-corrected chi connectivity index (χ4v) is 3.93. The number of aryl methyl sites for hydroxylation is 2. The Bertz CT molecular complexity index is 1420. The Balaban J connectivity index is 1.33. The predicted molar refractivity (Wildman–Crippen MR) is 124 cm³/mol. The van der Waals surface area contributed by atoms with Gasteiger partial charge >= 0.3 is 0 Å². The van der Waals surface area contributed by atoms with Gasteiger partial charge in [0.05, 0.1) is 6.42 Å². The maximum absolute atomic E-state index is 12.7. The second kappa shape index (κ2) is 8.08. The largest absolute Gasteiger partial charge is 0.436 e. The molecular weight excluding hydrogens is 424 g/mol. The summed E-state index contributed by atoms with van der Waals surface area (Å²) in [6.45, 7) is 3.82. The number of para-hydroxylation sites is 2. The number of thioether (sulfide) groups is 1. The minimum atomic E-state index is -0.128. The molecule has 0 bridgehead atoms. The third kappa shape index (κ3) is 3.71. The minimum Gasteiger partial charge on any atom is -0.436 e. The number of amides is 1. The van der Waals surface area contributed by atoms with E-state index in [0.29, 0.717) is 22.5 Å². The summed E-state index contributed by atoms with van der Waals surface area (Å²) in [7, 11) is 0. The van der Waals surface area contributed by atoms with Crippen LogP contribution >= 0.6 is 11.8 Å². The molecule has 0 saturated heterocycles. The van der Waals surface area contributed by atoms with E-state index >= 15 is 0 Å². The Labute approximate surface area is 188 Å². The number of rotatable bonds is 5. The molecule has 0 unspecified atom stereocenters. The predicted octanol–water partition coefficient (Wildman–Crippen LogP) is 4.45. The molecule has 2 aromatic carbocycles. The van der Waals surface area contributed by atoms with Crippen LogP contribution in [0.1, 0.15) is 17.0 Å². The van der Waals surface area contributed by atoms with Crippen LogP contribution < -0.4 is 5.32 Å². The van der Waals surface area contributed by atoms with Gasteiger partial charge < -0.3 is 9.73 Å². The normalized spacial score (nSPS) is 11.3. The summed E-state index contributed by atoms with van der Waals surface area (Å²) in [5.74, 6) is 0.965. The van der Waals surface area contributed by atoms with Crippen molar-refractivity contribution < 1.29 is 9.21 Å². The quantitative estimate of drug-likeness (QED) is 0.400. The Hall–Kier alpha value is -3.72. The first-order chi connectivity index (χ1) is 15.5. The van der Waals surface area contributed by atoms with E-state index in [0.717, 1.165) is 33.6 Å². The molecule has 0 aliphatic carbocycles. The molecule has 1 amide bonds. The van der Waals surface area contributed by atoms with Crippen LogP contribution in [0.2, 0.25) is 0 Å². The lowest BCUT2D eigenvalue weighted by molar-refractivity contribution is -0.115. The molecule has 1 N–H and O–H groups in total. The van der Waals surface area contributed by atoms with Crippen LogP contribution in [0.15, 0.2) is 58.1 Å². The van der Waals surface area contributed by atoms with Gasteiger partial charge in [-0.3, -0.25) is 4.79 Å². The summed E-state index contributed by atoms with van der Waals surface area (Å²) in [4.78, 5) is 26.1. The molecule has 0 spiro atoms. The molecule has 0 atom stereocenters. The molecule has 9 heteroatoms. The lowest BCUT2D eigenvalue weighted by Gasteiger charge is -2.11. The number of oxazole rings is 1. The van der Waals surface area contributed by atoms with Crippen molar-refractivity contribution in [3.05, 3.63) is 65.5 Å². The zero-order chi connectivity index (χ0) is 22.2. The van der Waals surface area contributed by atoms with Gasteiger partial charge in [-0.25, -0.2) is 14.5 Å². The molecule has 160 valence electrons. The first-order valence-electron chi connectivity index (χ1n) is 10.0. The van der Waals surface area contributed by atoms with Crippen molar-refractivity contribution >= 4 is 40.2 Å². The Morgan fingerprint density at radius 2 is 1.84 bits per heavy atom. The van der Waals surface area contributed by atoms with Gasteiger partial charge in [-0.2, -0.15) is 4.98 Å². The summed E-state index contributed by atoms with van der Waals surface area (Å²) in [6, 6.07) is 15.1. The summed E-state index contributed by atoms with van der Waals surface area (Å²) in [6.07, 6.45) is 2.11. The van der Waals surface area contributed by atoms with Crippen molar-refractivity contribution in [3.63, 3.8) is 0 Å². The van der Waals surface area contributed by atoms with Gasteiger partial charge in [0.2, 0.25) is 17.0 Å². The van der Waals surface area contributed by atoms with E-state index in [1.165, 1.54) is 11.8 Å². The molecule has 5 rings (SSSR count). The van der Waals surface area contributed by atoms with E-state index in [1.807, 2.05) is 68.6 Å². The number of nitrogens with one attached hydrogen (secondary N) is 1. The van der Waals surface area contributed by atoms with E-state index in [2.05, 4.69) is 25.4 Å². The summed E-state index contributed by atoms with van der Waals surface area (Å²) in [5, 5.41) is 8.04. The highest BCUT2D eigenvalue weighted by Crippen LogP contribution is 2.25. The fourth-order valence-electron chi connectivity index (χ4n) is 3.59. The molecule has 3 heterocycles. The highest BCUT2D eigenvalue weighted by atomic mass is 32.2. The molecule has 8 nitrogen and oxygen atoms in total. The number of aromatic nitrogens is 5. The van der Waals surface area contributed by atoms with Crippen LogP contribution in [0, 0.1) is 13.8 Å². The summed E-state index contributed by atoms with van der Waals surface area (Å²) < 4.78 is 7.50. The number of carbonyl (C=O) groups is 1. The standard InChI is InChI=1S/C23H20N6O2S/c1-13-17(14(2)29-22(24-13)27-23(28-29)32-3)12-20(30)25-16-10-8-15(9-11-16)21-26-18-6-4-5-7-19(18)31-21/h4-11H,12H2,1-3H3,(H,25,30). The number of carbonyl (C=O) groups excluding carboxylic acids is 1. The maximum Gasteiger partial charge on any atom is 0.253 e. The van der Waals surface area contributed by atoms with E-state index < -0.39 is 0 Å². The molecule has 0 aliphatic heterocycles. The van der Waals surface area contributed by atoms with Gasteiger partial charge in [-0.15, -0.1) is 5.10 Å². The zero-order valence-corrected chi connectivity index (χ0v) is 18.6. The summed E-state index contributed by atoms with van der Waals surface area (Å²) in [5.41, 5.74) is 5.58. The summed E-state index contributed by atoms with van der Waals surface area (Å²) >= 11 is 1.46. The second-order valence-electron chi connectivity index (χ2n) is 7.36. The highest BCUT2D eigenvalue weighted by Gasteiger charge is 2.16. The highest BCUT2D eigenvalue weighted by molar-refractivity contribution is 7.98. The lowest BCUT2D eigenvalue weighted by Crippen LogP contribution is -2.17. The number of anilines is 1. The van der Waals surface area contributed by atoms with Crippen molar-refractivity contribution in [1.82, 2.24) is 24.6 Å². The average Bonchev–Trinajstić information content (AvgIpc) is 3.41. The number of nitrogens with zero attached hydrogens (tertiary/aromatic N) is 5. The maximum atomic E-state index is 12.7. The Kier molecular flexibility index (Phi) is 5.10. The van der Waals surface area contributed by atoms with Crippen LogP contribution in [-0.2, 0) is 11.2 Å². The number of hydrogen-bond donors (Lipinski definition) is 1. The Morgan fingerprint density at radius 3 is 2.59 bits per heavy atom. The molecule has 32 heavy (non-hydrogen) atoms. The molecule has 3 aromatic heterocycles. The van der Waals surface area contributed by atoms with Gasteiger partial charge in [-0.05, 0) is 56.5 Å². The van der Waals surface area contributed by atoms with Crippen molar-refractivity contribution in [2.45, 2.75) is 25.4 Å². The topological polar surface area (TPSA) is 98.2 Å². The monoisotopic (exact) mass is 444 g/mol. The van der Waals surface area contributed by atoms with Crippen molar-refractivity contribution in [2.75, 3.05) is 11.6 Å². The van der Waals surface area contributed by atoms with E-state index in [-0.39, 0.29) is 12.3 Å². The first kappa shape index (κ1) is 20.2. The van der Waals surface area contributed by atoms with Gasteiger partial charge in [0, 0.05) is 28.2 Å². The number of fused-ring (bicyclic) bond motifs is 2. The Morgan fingerprint density at radius 1 is 1.06 bits per heavy atom. The van der Waals surface area contributed by atoms with Crippen LogP contribution in [0.3, 0.4) is 0 Å². The van der Waals surface area contributed by atoms with Gasteiger partial charge in [-0.1, -0.05) is 23.9 Å². The third-order valence-electron chi connectivity index (χ3n) is 5.26. The van der Waals surface area contributed by atoms with E-state index in [9.17, 15) is 4.79 Å². The molecule has 0 aliphatic rings. The molecule has 0 fully saturated rings. The first-order valence-corrected chi connectivity index (χ1v) is 11.3. The smallest absolute Gasteiger partial charge is 0.253 e. The van der Waals surface area contributed by atoms with E-state index in [1.54, 1.807) is 4.52 Å². The number of hydrogen-bond acceptors (Lipinski definition) is 7. The van der Waals surface area contributed by atoms with Crippen LogP contribution in [0.25, 0.3) is 28.3 Å². The van der Waals surface area contributed by atoms with Gasteiger partial charge in [0.15, 0.2) is 5.58 Å². The van der Waals surface area contributed by atoms with Gasteiger partial charge in [0.25, 0.3) is 5.78 Å². The molecule has 0 radical (unpaired) electrons. The lowest BCUT2D eigenvalue weighted by atomic mass is 10.1. The minimum absolute atomic E-state index is 0.128. The van der Waals surface area contributed by atoms with Crippen LogP contribution in [0.4, 0.5) is 5.69 Å². The van der Waals surface area contributed by atoms with Crippen molar-refractivity contribution in [1.29, 1.82) is 0 Å². The fraction of sp³-hybridized carbons (Fsp3) is 0.174. The SMILES string of the molecule is CSc1nc2nc(C)c(CC(=O)Nc3ccc(-c4nc5ccccc5o4)cc3)c(C)n2n1. The van der Waals surface area contributed by atoms with Crippen molar-refractivity contribution in [3.8, 4) is 11.5 Å². The third-order valence-corrected chi connectivity index (χ3v) is 5.80. The van der Waals surface area contributed by atoms with Crippen molar-refractivity contribution in [2.24, 2.45) is 0 Å².